The van der Waals surface area contributed by atoms with E-state index in [-0.39, 0.29) is 12.4 Å². The molecule has 3 aromatic rings. The van der Waals surface area contributed by atoms with Crippen molar-refractivity contribution in [1.29, 1.82) is 0 Å². The van der Waals surface area contributed by atoms with E-state index in [1.807, 2.05) is 6.92 Å². The highest BCUT2D eigenvalue weighted by Crippen LogP contribution is 2.24. The highest BCUT2D eigenvalue weighted by Gasteiger charge is 2.30. The number of halogens is 3. The molecule has 0 unspecified atom stereocenters. The summed E-state index contributed by atoms with van der Waals surface area (Å²) < 4.78 is 51.2. The Morgan fingerprint density at radius 2 is 1.70 bits per heavy atom. The summed E-state index contributed by atoms with van der Waals surface area (Å²) in [5.74, 6) is 0.587. The van der Waals surface area contributed by atoms with Crippen LogP contribution in [0.2, 0.25) is 0 Å². The van der Waals surface area contributed by atoms with E-state index in [0.29, 0.717) is 29.6 Å². The highest BCUT2D eigenvalue weighted by atomic mass is 19.4. The molecule has 1 N–H and O–H groups in total. The number of rotatable bonds is 8. The van der Waals surface area contributed by atoms with Gasteiger partial charge in [-0.3, -0.25) is 4.79 Å². The van der Waals surface area contributed by atoms with E-state index >= 15 is 0 Å². The number of amides is 1. The molecule has 158 valence electrons. The molecule has 0 spiro atoms. The number of ether oxygens (including phenoxy) is 2. The number of hydrogen-bond donors (Lipinski definition) is 1. The zero-order chi connectivity index (χ0) is 21.6. The number of benzene rings is 2. The molecule has 0 aliphatic heterocycles. The van der Waals surface area contributed by atoms with Gasteiger partial charge in [0.1, 0.15) is 11.5 Å². The van der Waals surface area contributed by atoms with Gasteiger partial charge in [0, 0.05) is 17.7 Å². The molecule has 30 heavy (non-hydrogen) atoms. The van der Waals surface area contributed by atoms with Crippen molar-refractivity contribution in [3.8, 4) is 23.0 Å². The zero-order valence-electron chi connectivity index (χ0n) is 15.9. The lowest BCUT2D eigenvalue weighted by molar-refractivity contribution is -0.274. The van der Waals surface area contributed by atoms with Gasteiger partial charge in [0.2, 0.25) is 11.8 Å². The lowest BCUT2D eigenvalue weighted by Crippen LogP contribution is -2.20. The van der Waals surface area contributed by atoms with Crippen LogP contribution in [0.5, 0.6) is 11.5 Å². The Bertz CT molecular complexity index is 970. The van der Waals surface area contributed by atoms with E-state index in [4.69, 9.17) is 9.15 Å². The predicted octanol–water partition coefficient (Wildman–Crippen LogP) is 4.61. The van der Waals surface area contributed by atoms with Gasteiger partial charge in [-0.1, -0.05) is 6.92 Å². The molecule has 1 aromatic heterocycles. The minimum Gasteiger partial charge on any atom is -0.484 e. The molecule has 0 saturated heterocycles. The highest BCUT2D eigenvalue weighted by molar-refractivity contribution is 5.91. The molecule has 0 aliphatic carbocycles. The van der Waals surface area contributed by atoms with Crippen molar-refractivity contribution in [2.45, 2.75) is 26.1 Å². The Morgan fingerprint density at radius 1 is 1.03 bits per heavy atom. The fraction of sp³-hybridized carbons (Fsp3) is 0.250. The Hall–Kier alpha value is -3.56. The molecule has 0 saturated carbocycles. The molecule has 0 bridgehead atoms. The van der Waals surface area contributed by atoms with Crippen LogP contribution in [-0.2, 0) is 11.2 Å². The normalized spacial score (nSPS) is 11.2. The maximum Gasteiger partial charge on any atom is 0.573 e. The van der Waals surface area contributed by atoms with E-state index < -0.39 is 12.3 Å². The number of aryl methyl sites for hydroxylation is 1. The number of aromatic nitrogens is 2. The van der Waals surface area contributed by atoms with Gasteiger partial charge >= 0.3 is 6.36 Å². The second-order valence-corrected chi connectivity index (χ2v) is 6.18. The van der Waals surface area contributed by atoms with Crippen LogP contribution in [0.3, 0.4) is 0 Å². The largest absolute Gasteiger partial charge is 0.573 e. The first-order chi connectivity index (χ1) is 14.3. The standard InChI is InChI=1S/C20H18F3N3O4/c1-2-3-18-25-26-19(29-18)13-4-8-15(9-5-13)28-12-17(27)24-14-6-10-16(11-7-14)30-20(21,22)23/h4-11H,2-3,12H2,1H3,(H,24,27). The van der Waals surface area contributed by atoms with Gasteiger partial charge in [0.25, 0.3) is 5.91 Å². The summed E-state index contributed by atoms with van der Waals surface area (Å²) in [6.07, 6.45) is -3.15. The van der Waals surface area contributed by atoms with Crippen molar-refractivity contribution >= 4 is 11.6 Å². The average Bonchev–Trinajstić information content (AvgIpc) is 3.16. The van der Waals surface area contributed by atoms with Crippen molar-refractivity contribution in [2.24, 2.45) is 0 Å². The van der Waals surface area contributed by atoms with E-state index in [1.165, 1.54) is 12.1 Å². The zero-order valence-corrected chi connectivity index (χ0v) is 15.9. The summed E-state index contributed by atoms with van der Waals surface area (Å²) in [5.41, 5.74) is 1.04. The Balaban J connectivity index is 1.49. The van der Waals surface area contributed by atoms with E-state index in [0.717, 1.165) is 24.1 Å². The number of anilines is 1. The van der Waals surface area contributed by atoms with Gasteiger partial charge in [-0.05, 0) is 55.0 Å². The summed E-state index contributed by atoms with van der Waals surface area (Å²) in [6, 6.07) is 11.6. The van der Waals surface area contributed by atoms with Crippen LogP contribution in [0.15, 0.2) is 52.9 Å². The van der Waals surface area contributed by atoms with Crippen molar-refractivity contribution < 1.29 is 31.9 Å². The third-order valence-corrected chi connectivity index (χ3v) is 3.77. The SMILES string of the molecule is CCCc1nnc(-c2ccc(OCC(=O)Nc3ccc(OC(F)(F)F)cc3)cc2)o1. The second kappa shape index (κ2) is 9.29. The number of carbonyl (C=O) groups excluding carboxylic acids is 1. The molecule has 1 heterocycles. The van der Waals surface area contributed by atoms with E-state index in [1.54, 1.807) is 24.3 Å². The van der Waals surface area contributed by atoms with Crippen molar-refractivity contribution in [3.63, 3.8) is 0 Å². The minimum absolute atomic E-state index is 0.276. The van der Waals surface area contributed by atoms with Crippen LogP contribution in [-0.4, -0.2) is 29.1 Å². The van der Waals surface area contributed by atoms with Gasteiger partial charge < -0.3 is 19.2 Å². The van der Waals surface area contributed by atoms with Gasteiger partial charge in [0.15, 0.2) is 6.61 Å². The molecule has 0 fully saturated rings. The molecule has 2 aromatic carbocycles. The van der Waals surface area contributed by atoms with Gasteiger partial charge in [0.05, 0.1) is 0 Å². The fourth-order valence-electron chi connectivity index (χ4n) is 2.46. The lowest BCUT2D eigenvalue weighted by atomic mass is 10.2. The van der Waals surface area contributed by atoms with Gasteiger partial charge in [-0.15, -0.1) is 23.4 Å². The average molecular weight is 421 g/mol. The van der Waals surface area contributed by atoms with Crippen molar-refractivity contribution in [3.05, 3.63) is 54.4 Å². The first kappa shape index (κ1) is 21.2. The van der Waals surface area contributed by atoms with Crippen LogP contribution in [0.4, 0.5) is 18.9 Å². The Labute approximate surface area is 169 Å². The number of nitrogens with one attached hydrogen (secondary N) is 1. The number of alkyl halides is 3. The molecule has 0 atom stereocenters. The molecule has 1 amide bonds. The topological polar surface area (TPSA) is 86.5 Å². The number of nitrogens with zero attached hydrogens (tertiary/aromatic N) is 2. The minimum atomic E-state index is -4.77. The molecular weight excluding hydrogens is 403 g/mol. The third kappa shape index (κ3) is 6.23. The summed E-state index contributed by atoms with van der Waals surface area (Å²) in [4.78, 5) is 12.0. The lowest BCUT2D eigenvalue weighted by Gasteiger charge is -2.10. The number of hydrogen-bond acceptors (Lipinski definition) is 6. The maximum absolute atomic E-state index is 12.1. The van der Waals surface area contributed by atoms with Gasteiger partial charge in [-0.2, -0.15) is 0 Å². The molecule has 0 aliphatic rings. The maximum atomic E-state index is 12.1. The predicted molar refractivity (Wildman–Crippen MR) is 101 cm³/mol. The molecule has 7 nitrogen and oxygen atoms in total. The third-order valence-electron chi connectivity index (χ3n) is 3.77. The van der Waals surface area contributed by atoms with Crippen molar-refractivity contribution in [1.82, 2.24) is 10.2 Å². The summed E-state index contributed by atoms with van der Waals surface area (Å²) >= 11 is 0. The molecule has 10 heteroatoms. The molecule has 3 rings (SSSR count). The summed E-state index contributed by atoms with van der Waals surface area (Å²) in [7, 11) is 0. The van der Waals surface area contributed by atoms with Crippen molar-refractivity contribution in [2.75, 3.05) is 11.9 Å². The first-order valence-corrected chi connectivity index (χ1v) is 9.03. The smallest absolute Gasteiger partial charge is 0.484 e. The molecule has 0 radical (unpaired) electrons. The van der Waals surface area contributed by atoms with Gasteiger partial charge in [-0.25, -0.2) is 0 Å². The molecular formula is C20H18F3N3O4. The first-order valence-electron chi connectivity index (χ1n) is 9.03. The van der Waals surface area contributed by atoms with E-state index in [2.05, 4.69) is 20.3 Å². The second-order valence-electron chi connectivity index (χ2n) is 6.18. The van der Waals surface area contributed by atoms with Crippen LogP contribution in [0.1, 0.15) is 19.2 Å². The van der Waals surface area contributed by atoms with E-state index in [9.17, 15) is 18.0 Å². The van der Waals surface area contributed by atoms with Crippen LogP contribution in [0, 0.1) is 0 Å². The monoisotopic (exact) mass is 421 g/mol. The number of carbonyl (C=O) groups is 1. The summed E-state index contributed by atoms with van der Waals surface area (Å²) in [6.45, 7) is 1.74. The van der Waals surface area contributed by atoms with Crippen LogP contribution < -0.4 is 14.8 Å². The van der Waals surface area contributed by atoms with Crippen LogP contribution in [0.25, 0.3) is 11.5 Å². The summed E-state index contributed by atoms with van der Waals surface area (Å²) in [5, 5.41) is 10.5. The Morgan fingerprint density at radius 3 is 2.33 bits per heavy atom. The quantitative estimate of drug-likeness (QED) is 0.572. The fourth-order valence-corrected chi connectivity index (χ4v) is 2.46. The Kier molecular flexibility index (Phi) is 6.55. The van der Waals surface area contributed by atoms with Crippen LogP contribution >= 0.6 is 0 Å².